The number of ether oxygens (including phenoxy) is 2. The summed E-state index contributed by atoms with van der Waals surface area (Å²) in [5.74, 6) is -0.0111. The molecular weight excluding hydrogens is 911 g/mol. The Morgan fingerprint density at radius 2 is 0.838 bits per heavy atom. The molecule has 0 spiro atoms. The van der Waals surface area contributed by atoms with Crippen molar-refractivity contribution in [3.8, 4) is 44.9 Å². The predicted molar refractivity (Wildman–Crippen MR) is 239 cm³/mol. The summed E-state index contributed by atoms with van der Waals surface area (Å²) in [5, 5.41) is 1.66. The topological polar surface area (TPSA) is 18.5 Å². The molecule has 68 heavy (non-hydrogen) atoms. The summed E-state index contributed by atoms with van der Waals surface area (Å²) in [5.41, 5.74) is -6.65. The molecule has 0 saturated heterocycles. The molecule has 0 N–H and O–H groups in total. The monoisotopic (exact) mass is 960 g/mol. The van der Waals surface area contributed by atoms with Gasteiger partial charge in [0.25, 0.3) is 0 Å². The van der Waals surface area contributed by atoms with Crippen LogP contribution in [0.3, 0.4) is 0 Å². The Morgan fingerprint density at radius 1 is 0.485 bits per heavy atom. The Labute approximate surface area is 386 Å². The number of methoxy groups -OCH3 is 2. The quantitative estimate of drug-likeness (QED) is 0.122. The van der Waals surface area contributed by atoms with Crippen LogP contribution in [0, 0.1) is 0 Å². The summed E-state index contributed by atoms with van der Waals surface area (Å²) in [6.45, 7) is 12.3. The molecule has 0 bridgehead atoms. The molecule has 0 aliphatic carbocycles. The Bertz CT molecular complexity index is 2700. The van der Waals surface area contributed by atoms with Gasteiger partial charge in [-0.2, -0.15) is 52.7 Å². The minimum absolute atomic E-state index is 0.00556. The van der Waals surface area contributed by atoms with Crippen molar-refractivity contribution in [2.24, 2.45) is 0 Å². The maximum absolute atomic E-state index is 14.7. The van der Waals surface area contributed by atoms with E-state index in [0.29, 0.717) is 35.4 Å². The third-order valence-electron chi connectivity index (χ3n) is 13.1. The number of benzene rings is 6. The number of rotatable bonds is 6. The first-order chi connectivity index (χ1) is 31.2. The minimum Gasteiger partial charge on any atom is -0.496 e. The first-order valence-electron chi connectivity index (χ1n) is 21.6. The van der Waals surface area contributed by atoms with Crippen LogP contribution in [0.2, 0.25) is 0 Å². The van der Waals surface area contributed by atoms with E-state index in [1.807, 2.05) is 49.4 Å². The van der Waals surface area contributed by atoms with Crippen LogP contribution in [0.1, 0.15) is 105 Å². The van der Waals surface area contributed by atoms with Crippen LogP contribution in [0.5, 0.6) is 11.5 Å². The number of nitrogens with zero attached hydrogens (tertiary/aromatic N) is 1. The summed E-state index contributed by atoms with van der Waals surface area (Å²) in [6, 6.07) is 18.6. The third kappa shape index (κ3) is 9.26. The molecule has 0 fully saturated rings. The van der Waals surface area contributed by atoms with E-state index in [1.165, 1.54) is 14.2 Å². The van der Waals surface area contributed by atoms with Gasteiger partial charge in [0.05, 0.1) is 43.5 Å². The van der Waals surface area contributed by atoms with Gasteiger partial charge in [0.1, 0.15) is 30.6 Å². The van der Waals surface area contributed by atoms with Gasteiger partial charge in [-0.05, 0) is 99.3 Å². The van der Waals surface area contributed by atoms with Crippen LogP contribution in [-0.2, 0) is 48.6 Å². The summed E-state index contributed by atoms with van der Waals surface area (Å²) in [6.07, 6.45) is -20.9. The van der Waals surface area contributed by atoms with E-state index in [1.54, 1.807) is 60.7 Å². The van der Waals surface area contributed by atoms with E-state index >= 15 is 0 Å². The van der Waals surface area contributed by atoms with Crippen molar-refractivity contribution < 1.29 is 66.6 Å². The highest BCUT2D eigenvalue weighted by molar-refractivity contribution is 5.92. The van der Waals surface area contributed by atoms with Gasteiger partial charge in [-0.25, -0.2) is 0 Å². The zero-order valence-corrected chi connectivity index (χ0v) is 39.0. The lowest BCUT2D eigenvalue weighted by atomic mass is 9.76. The highest BCUT2D eigenvalue weighted by Crippen LogP contribution is 2.56. The Morgan fingerprint density at radius 3 is 1.18 bits per heavy atom. The maximum atomic E-state index is 14.7. The number of fused-ring (bicyclic) bond motifs is 4. The normalized spacial score (nSPS) is 15.1. The Balaban J connectivity index is 1.77. The van der Waals surface area contributed by atoms with E-state index in [2.05, 4.69) is 0 Å². The van der Waals surface area contributed by atoms with Crippen LogP contribution in [0.25, 0.3) is 44.2 Å². The fraction of sp³-hybridized carbons (Fsp3) is 0.358. The van der Waals surface area contributed by atoms with Crippen molar-refractivity contribution in [1.82, 2.24) is 0 Å². The molecule has 0 unspecified atom stereocenters. The minimum atomic E-state index is -5.23. The van der Waals surface area contributed by atoms with Gasteiger partial charge >= 0.3 is 24.7 Å². The van der Waals surface area contributed by atoms with Gasteiger partial charge in [0.2, 0.25) is 0 Å². The molecule has 0 amide bonds. The molecule has 1 aliphatic rings. The average molecular weight is 961 g/mol. The number of alkyl halides is 12. The largest absolute Gasteiger partial charge is 0.496 e. The average Bonchev–Trinajstić information content (AvgIpc) is 3.35. The molecule has 6 aromatic carbocycles. The predicted octanol–water partition coefficient (Wildman–Crippen LogP) is 16.7. The van der Waals surface area contributed by atoms with Crippen molar-refractivity contribution in [3.63, 3.8) is 0 Å². The van der Waals surface area contributed by atoms with Crippen LogP contribution in [-0.4, -0.2) is 25.8 Å². The molecule has 0 aromatic heterocycles. The number of halogens is 12. The second kappa shape index (κ2) is 16.8. The summed E-state index contributed by atoms with van der Waals surface area (Å²) in [7, 11) is 4.33. The van der Waals surface area contributed by atoms with Crippen molar-refractivity contribution in [1.29, 1.82) is 0 Å². The van der Waals surface area contributed by atoms with Crippen molar-refractivity contribution >= 4 is 10.8 Å². The second-order valence-electron chi connectivity index (χ2n) is 19.8. The molecular formula is C53H50F12NO2+. The van der Waals surface area contributed by atoms with Gasteiger partial charge in [0.15, 0.2) is 0 Å². The standard InChI is InChI=1S/C53H50F12NO2/c1-28(36-17-13-15-29-14-11-12-16-37(29)36)66(8)26-40-38(24-42(48(2,3)4)46(67-9)44(40)30-18-32(50(54,55)56)22-33(19-30)51(57,58)59)39-25-43(49(5,6)7)47(68-10)45(41(39)27-66)31-20-34(52(60,61)62)23-35(21-31)53(63,64)65/h11-25,28H,26-27H2,1-10H3/q+1/t28-/m1/s1. The fourth-order valence-electron chi connectivity index (χ4n) is 9.57. The highest BCUT2D eigenvalue weighted by atomic mass is 19.4. The van der Waals surface area contributed by atoms with Gasteiger partial charge < -0.3 is 14.0 Å². The van der Waals surface area contributed by atoms with Crippen molar-refractivity contribution in [2.75, 3.05) is 21.3 Å². The zero-order valence-electron chi connectivity index (χ0n) is 39.0. The lowest BCUT2D eigenvalue weighted by Gasteiger charge is -2.41. The molecule has 3 nitrogen and oxygen atoms in total. The SMILES string of the molecule is COc1c(C(C)(C)C)cc2c(c1-c1cc(C(F)(F)F)cc(C(F)(F)F)c1)C[N+](C)([C@H](C)c1cccc3ccccc13)Cc1c-2cc(C(C)(C)C)c(OC)c1-c1cc(C(F)(F)F)cc(C(F)(F)F)c1. The van der Waals surface area contributed by atoms with Crippen LogP contribution >= 0.6 is 0 Å². The molecule has 15 heteroatoms. The zero-order chi connectivity index (χ0) is 50.5. The van der Waals surface area contributed by atoms with Crippen LogP contribution < -0.4 is 9.47 Å². The van der Waals surface area contributed by atoms with E-state index in [9.17, 15) is 52.7 Å². The van der Waals surface area contributed by atoms with Gasteiger partial charge in [0, 0.05) is 38.9 Å². The number of hydrogen-bond donors (Lipinski definition) is 0. The molecule has 1 atom stereocenters. The Kier molecular flexibility index (Phi) is 12.4. The third-order valence-corrected chi connectivity index (χ3v) is 13.1. The number of hydrogen-bond acceptors (Lipinski definition) is 2. The molecule has 362 valence electrons. The number of quaternary nitrogens is 1. The van der Waals surface area contributed by atoms with Gasteiger partial charge in [-0.3, -0.25) is 0 Å². The van der Waals surface area contributed by atoms with E-state index in [-0.39, 0.29) is 74.6 Å². The van der Waals surface area contributed by atoms with Gasteiger partial charge in [-0.15, -0.1) is 0 Å². The van der Waals surface area contributed by atoms with Crippen molar-refractivity contribution in [3.05, 3.63) is 141 Å². The highest BCUT2D eigenvalue weighted by Gasteiger charge is 2.45. The lowest BCUT2D eigenvalue weighted by molar-refractivity contribution is -0.962. The van der Waals surface area contributed by atoms with Crippen LogP contribution in [0.15, 0.2) is 91.0 Å². The van der Waals surface area contributed by atoms with Gasteiger partial charge in [-0.1, -0.05) is 84.0 Å². The smallest absolute Gasteiger partial charge is 0.416 e. The molecule has 1 heterocycles. The fourth-order valence-corrected chi connectivity index (χ4v) is 9.57. The first kappa shape index (κ1) is 50.2. The lowest BCUT2D eigenvalue weighted by Crippen LogP contribution is -2.44. The van der Waals surface area contributed by atoms with E-state index < -0.39 is 75.0 Å². The maximum Gasteiger partial charge on any atom is 0.416 e. The molecule has 0 saturated carbocycles. The second-order valence-corrected chi connectivity index (χ2v) is 19.8. The summed E-state index contributed by atoms with van der Waals surface area (Å²) >= 11 is 0. The summed E-state index contributed by atoms with van der Waals surface area (Å²) < 4.78 is 189. The van der Waals surface area contributed by atoms with Crippen LogP contribution in [0.4, 0.5) is 52.7 Å². The molecule has 6 aromatic rings. The molecule has 7 rings (SSSR count). The van der Waals surface area contributed by atoms with Crippen molar-refractivity contribution in [2.45, 2.75) is 103 Å². The van der Waals surface area contributed by atoms with E-state index in [0.717, 1.165) is 16.3 Å². The summed E-state index contributed by atoms with van der Waals surface area (Å²) in [4.78, 5) is 0. The van der Waals surface area contributed by atoms with E-state index in [4.69, 9.17) is 9.47 Å². The first-order valence-corrected chi connectivity index (χ1v) is 21.6. The molecule has 0 radical (unpaired) electrons. The molecule has 1 aliphatic heterocycles. The Hall–Kier alpha value is -5.70.